The molecule has 3 unspecified atom stereocenters. The summed E-state index contributed by atoms with van der Waals surface area (Å²) in [6.07, 6.45) is 2.74. The standard InChI is InChI=1S/C15H22N2/c1-10-6-7-15(11(10)2)17-8-12-4-3-5-14(16)13(12)9-17/h3-5,10-11,15H,6-9,16H2,1-2H3. The molecule has 2 nitrogen and oxygen atoms in total. The van der Waals surface area contributed by atoms with Gasteiger partial charge in [0.2, 0.25) is 0 Å². The number of benzene rings is 1. The van der Waals surface area contributed by atoms with Gasteiger partial charge in [-0.15, -0.1) is 0 Å². The van der Waals surface area contributed by atoms with Crippen LogP contribution in [0.5, 0.6) is 0 Å². The molecule has 1 aromatic rings. The first-order valence-corrected chi connectivity index (χ1v) is 6.77. The van der Waals surface area contributed by atoms with E-state index in [1.807, 2.05) is 6.07 Å². The second-order valence-electron chi connectivity index (χ2n) is 5.87. The molecule has 1 saturated carbocycles. The Morgan fingerprint density at radius 3 is 2.65 bits per heavy atom. The molecule has 1 aliphatic heterocycles. The zero-order chi connectivity index (χ0) is 12.0. The largest absolute Gasteiger partial charge is 0.398 e. The van der Waals surface area contributed by atoms with E-state index in [-0.39, 0.29) is 0 Å². The molecule has 2 heteroatoms. The molecule has 1 fully saturated rings. The maximum absolute atomic E-state index is 6.07. The number of hydrogen-bond donors (Lipinski definition) is 1. The Morgan fingerprint density at radius 1 is 1.18 bits per heavy atom. The van der Waals surface area contributed by atoms with Crippen LogP contribution >= 0.6 is 0 Å². The van der Waals surface area contributed by atoms with E-state index in [1.54, 1.807) is 0 Å². The molecule has 2 N–H and O–H groups in total. The summed E-state index contributed by atoms with van der Waals surface area (Å²) in [5, 5.41) is 0. The highest BCUT2D eigenvalue weighted by Crippen LogP contribution is 2.39. The van der Waals surface area contributed by atoms with Gasteiger partial charge in [-0.1, -0.05) is 26.0 Å². The minimum Gasteiger partial charge on any atom is -0.398 e. The topological polar surface area (TPSA) is 29.3 Å². The highest BCUT2D eigenvalue weighted by Gasteiger charge is 2.36. The van der Waals surface area contributed by atoms with E-state index in [2.05, 4.69) is 30.9 Å². The van der Waals surface area contributed by atoms with Gasteiger partial charge in [-0.25, -0.2) is 0 Å². The van der Waals surface area contributed by atoms with E-state index in [9.17, 15) is 0 Å². The van der Waals surface area contributed by atoms with Gasteiger partial charge in [0.15, 0.2) is 0 Å². The number of anilines is 1. The number of rotatable bonds is 1. The van der Waals surface area contributed by atoms with Crippen molar-refractivity contribution in [3.8, 4) is 0 Å². The summed E-state index contributed by atoms with van der Waals surface area (Å²) in [7, 11) is 0. The maximum Gasteiger partial charge on any atom is 0.0363 e. The van der Waals surface area contributed by atoms with Gasteiger partial charge < -0.3 is 5.73 Å². The van der Waals surface area contributed by atoms with E-state index < -0.39 is 0 Å². The van der Waals surface area contributed by atoms with Crippen LogP contribution in [0, 0.1) is 11.8 Å². The zero-order valence-corrected chi connectivity index (χ0v) is 10.8. The fraction of sp³-hybridized carbons (Fsp3) is 0.600. The van der Waals surface area contributed by atoms with Crippen LogP contribution in [0.1, 0.15) is 37.8 Å². The van der Waals surface area contributed by atoms with Crippen molar-refractivity contribution in [2.24, 2.45) is 11.8 Å². The summed E-state index contributed by atoms with van der Waals surface area (Å²) >= 11 is 0. The lowest BCUT2D eigenvalue weighted by Crippen LogP contribution is -2.33. The molecule has 1 aromatic carbocycles. The summed E-state index contributed by atoms with van der Waals surface area (Å²) in [5.74, 6) is 1.70. The Morgan fingerprint density at radius 2 is 2.00 bits per heavy atom. The predicted molar refractivity (Wildman–Crippen MR) is 71.5 cm³/mol. The number of nitrogens with two attached hydrogens (primary N) is 1. The molecule has 92 valence electrons. The first-order chi connectivity index (χ1) is 8.16. The molecule has 0 amide bonds. The van der Waals surface area contributed by atoms with Gasteiger partial charge in [-0.05, 0) is 41.9 Å². The van der Waals surface area contributed by atoms with Crippen LogP contribution in [0.15, 0.2) is 18.2 Å². The Bertz CT molecular complexity index is 427. The summed E-state index contributed by atoms with van der Waals surface area (Å²) in [6.45, 7) is 6.96. The van der Waals surface area contributed by atoms with Crippen LogP contribution in [-0.2, 0) is 13.1 Å². The van der Waals surface area contributed by atoms with Crippen LogP contribution in [-0.4, -0.2) is 10.9 Å². The van der Waals surface area contributed by atoms with Gasteiger partial charge in [0.1, 0.15) is 0 Å². The Labute approximate surface area is 104 Å². The minimum atomic E-state index is 0.761. The monoisotopic (exact) mass is 230 g/mol. The predicted octanol–water partition coefficient (Wildman–Crippen LogP) is 3.02. The van der Waals surface area contributed by atoms with Gasteiger partial charge in [0.25, 0.3) is 0 Å². The van der Waals surface area contributed by atoms with Crippen LogP contribution in [0.4, 0.5) is 5.69 Å². The van der Waals surface area contributed by atoms with Crippen LogP contribution in [0.2, 0.25) is 0 Å². The third-order valence-electron chi connectivity index (χ3n) is 4.94. The molecular formula is C15H22N2. The van der Waals surface area contributed by atoms with E-state index in [0.717, 1.165) is 36.7 Å². The molecule has 0 radical (unpaired) electrons. The average Bonchev–Trinajstić information content (AvgIpc) is 2.85. The Kier molecular flexibility index (Phi) is 2.62. The second-order valence-corrected chi connectivity index (χ2v) is 5.87. The van der Waals surface area contributed by atoms with Crippen molar-refractivity contribution in [1.29, 1.82) is 0 Å². The van der Waals surface area contributed by atoms with E-state index in [4.69, 9.17) is 5.73 Å². The number of nitrogens with zero attached hydrogens (tertiary/aromatic N) is 1. The Balaban J connectivity index is 1.80. The van der Waals surface area contributed by atoms with Gasteiger partial charge >= 0.3 is 0 Å². The molecule has 3 atom stereocenters. The lowest BCUT2D eigenvalue weighted by atomic mass is 9.97. The van der Waals surface area contributed by atoms with Crippen molar-refractivity contribution in [2.45, 2.75) is 45.8 Å². The van der Waals surface area contributed by atoms with Gasteiger partial charge in [0.05, 0.1) is 0 Å². The van der Waals surface area contributed by atoms with Crippen LogP contribution in [0.25, 0.3) is 0 Å². The lowest BCUT2D eigenvalue weighted by molar-refractivity contribution is 0.157. The summed E-state index contributed by atoms with van der Waals surface area (Å²) in [5.41, 5.74) is 9.86. The van der Waals surface area contributed by atoms with Crippen molar-refractivity contribution in [3.63, 3.8) is 0 Å². The fourth-order valence-electron chi connectivity index (χ4n) is 3.56. The molecule has 0 spiro atoms. The highest BCUT2D eigenvalue weighted by atomic mass is 15.2. The van der Waals surface area contributed by atoms with Crippen molar-refractivity contribution < 1.29 is 0 Å². The molecule has 0 saturated heterocycles. The van der Waals surface area contributed by atoms with Crippen molar-refractivity contribution in [2.75, 3.05) is 5.73 Å². The maximum atomic E-state index is 6.07. The molecule has 0 aromatic heterocycles. The smallest absolute Gasteiger partial charge is 0.0363 e. The van der Waals surface area contributed by atoms with Crippen LogP contribution < -0.4 is 5.73 Å². The summed E-state index contributed by atoms with van der Waals surface area (Å²) in [6, 6.07) is 7.10. The summed E-state index contributed by atoms with van der Waals surface area (Å²) in [4.78, 5) is 2.63. The third kappa shape index (κ3) is 1.75. The summed E-state index contributed by atoms with van der Waals surface area (Å²) < 4.78 is 0. The van der Waals surface area contributed by atoms with Crippen molar-refractivity contribution >= 4 is 5.69 Å². The molecule has 0 bridgehead atoms. The first kappa shape index (κ1) is 11.1. The van der Waals surface area contributed by atoms with E-state index >= 15 is 0 Å². The van der Waals surface area contributed by atoms with E-state index in [1.165, 1.54) is 24.0 Å². The van der Waals surface area contributed by atoms with Crippen molar-refractivity contribution in [3.05, 3.63) is 29.3 Å². The zero-order valence-electron chi connectivity index (χ0n) is 10.8. The van der Waals surface area contributed by atoms with E-state index in [0.29, 0.717) is 0 Å². The SMILES string of the molecule is CC1CCC(N2Cc3cccc(N)c3C2)C1C. The van der Waals surface area contributed by atoms with Gasteiger partial charge in [-0.2, -0.15) is 0 Å². The quantitative estimate of drug-likeness (QED) is 0.751. The Hall–Kier alpha value is -1.02. The number of fused-ring (bicyclic) bond motifs is 1. The van der Waals surface area contributed by atoms with Gasteiger partial charge in [0, 0.05) is 24.8 Å². The second kappa shape index (κ2) is 4.02. The molecule has 1 aliphatic carbocycles. The highest BCUT2D eigenvalue weighted by molar-refractivity contribution is 5.52. The molecular weight excluding hydrogens is 208 g/mol. The molecule has 3 rings (SSSR count). The lowest BCUT2D eigenvalue weighted by Gasteiger charge is -2.28. The third-order valence-corrected chi connectivity index (χ3v) is 4.94. The van der Waals surface area contributed by atoms with Gasteiger partial charge in [-0.3, -0.25) is 4.90 Å². The first-order valence-electron chi connectivity index (χ1n) is 6.77. The minimum absolute atomic E-state index is 0.761. The molecule has 17 heavy (non-hydrogen) atoms. The normalized spacial score (nSPS) is 32.9. The van der Waals surface area contributed by atoms with Crippen LogP contribution in [0.3, 0.4) is 0 Å². The number of nitrogen functional groups attached to an aromatic ring is 1. The molecule has 1 heterocycles. The fourth-order valence-corrected chi connectivity index (χ4v) is 3.56. The van der Waals surface area contributed by atoms with Crippen molar-refractivity contribution in [1.82, 2.24) is 4.90 Å². The molecule has 2 aliphatic rings. The number of hydrogen-bond acceptors (Lipinski definition) is 2. The average molecular weight is 230 g/mol.